The lowest BCUT2D eigenvalue weighted by molar-refractivity contribution is 0.440. The van der Waals surface area contributed by atoms with E-state index in [4.69, 9.17) is 0 Å². The number of phenols is 2. The molecule has 0 aromatic heterocycles. The summed E-state index contributed by atoms with van der Waals surface area (Å²) >= 11 is 0. The van der Waals surface area contributed by atoms with E-state index >= 15 is 0 Å². The molecule has 3 nitrogen and oxygen atoms in total. The van der Waals surface area contributed by atoms with Gasteiger partial charge in [0.05, 0.1) is 0 Å². The van der Waals surface area contributed by atoms with Gasteiger partial charge in [-0.15, -0.1) is 0 Å². The summed E-state index contributed by atoms with van der Waals surface area (Å²) in [6.45, 7) is 4.74. The fourth-order valence-corrected chi connectivity index (χ4v) is 1.98. The van der Waals surface area contributed by atoms with E-state index in [0.717, 1.165) is 6.54 Å². The summed E-state index contributed by atoms with van der Waals surface area (Å²) in [4.78, 5) is 0. The zero-order chi connectivity index (χ0) is 13.8. The first-order valence-corrected chi connectivity index (χ1v) is 6.37. The lowest BCUT2D eigenvalue weighted by Crippen LogP contribution is -2.18. The average molecular weight is 257 g/mol. The molecule has 0 saturated heterocycles. The van der Waals surface area contributed by atoms with Crippen molar-refractivity contribution in [3.63, 3.8) is 0 Å². The molecule has 0 amide bonds. The summed E-state index contributed by atoms with van der Waals surface area (Å²) in [5, 5.41) is 22.6. The molecule has 3 heteroatoms. The predicted molar refractivity (Wildman–Crippen MR) is 76.2 cm³/mol. The van der Waals surface area contributed by atoms with Gasteiger partial charge in [-0.1, -0.05) is 29.8 Å². The van der Waals surface area contributed by atoms with Crippen molar-refractivity contribution in [2.45, 2.75) is 26.4 Å². The van der Waals surface area contributed by atoms with Crippen molar-refractivity contribution in [2.75, 3.05) is 0 Å². The monoisotopic (exact) mass is 257 g/mol. The summed E-state index contributed by atoms with van der Waals surface area (Å²) in [5.74, 6) is 0.360. The van der Waals surface area contributed by atoms with Gasteiger partial charge in [-0.05, 0) is 37.6 Å². The first kappa shape index (κ1) is 13.4. The Morgan fingerprint density at radius 2 is 1.74 bits per heavy atom. The summed E-state index contributed by atoms with van der Waals surface area (Å²) in [7, 11) is 0. The topological polar surface area (TPSA) is 52.5 Å². The highest BCUT2D eigenvalue weighted by Gasteiger charge is 2.10. The summed E-state index contributed by atoms with van der Waals surface area (Å²) < 4.78 is 0. The molecule has 0 radical (unpaired) electrons. The molecule has 0 aliphatic heterocycles. The highest BCUT2D eigenvalue weighted by atomic mass is 16.3. The summed E-state index contributed by atoms with van der Waals surface area (Å²) in [5.41, 5.74) is 3.13. The highest BCUT2D eigenvalue weighted by molar-refractivity contribution is 5.40. The molecule has 2 rings (SSSR count). The standard InChI is InChI=1S/C16H19NO2/c1-11-3-5-13(6-4-11)10-17-12(2)15-9-14(18)7-8-16(15)19/h3-9,12,17-19H,10H2,1-2H3. The first-order valence-electron chi connectivity index (χ1n) is 6.37. The van der Waals surface area contributed by atoms with Crippen molar-refractivity contribution < 1.29 is 10.2 Å². The van der Waals surface area contributed by atoms with Crippen LogP contribution in [0.2, 0.25) is 0 Å². The number of nitrogens with one attached hydrogen (secondary N) is 1. The van der Waals surface area contributed by atoms with Crippen LogP contribution < -0.4 is 5.32 Å². The van der Waals surface area contributed by atoms with Crippen LogP contribution in [0.25, 0.3) is 0 Å². The van der Waals surface area contributed by atoms with E-state index in [9.17, 15) is 10.2 Å². The zero-order valence-electron chi connectivity index (χ0n) is 11.2. The lowest BCUT2D eigenvalue weighted by Gasteiger charge is -2.16. The number of hydrogen-bond donors (Lipinski definition) is 3. The second kappa shape index (κ2) is 5.76. The summed E-state index contributed by atoms with van der Waals surface area (Å²) in [6, 6.07) is 12.9. The molecule has 1 unspecified atom stereocenters. The zero-order valence-corrected chi connectivity index (χ0v) is 11.2. The van der Waals surface area contributed by atoms with Gasteiger partial charge in [0.25, 0.3) is 0 Å². The van der Waals surface area contributed by atoms with E-state index < -0.39 is 0 Å². The van der Waals surface area contributed by atoms with Gasteiger partial charge < -0.3 is 15.5 Å². The first-order chi connectivity index (χ1) is 9.06. The van der Waals surface area contributed by atoms with E-state index in [1.54, 1.807) is 6.07 Å². The molecule has 100 valence electrons. The molecule has 0 aliphatic carbocycles. The Labute approximate surface area is 113 Å². The second-order valence-electron chi connectivity index (χ2n) is 4.83. The number of aromatic hydroxyl groups is 2. The van der Waals surface area contributed by atoms with Gasteiger partial charge in [-0.25, -0.2) is 0 Å². The normalized spacial score (nSPS) is 12.3. The Balaban J connectivity index is 2.03. The van der Waals surface area contributed by atoms with Gasteiger partial charge in [-0.3, -0.25) is 0 Å². The van der Waals surface area contributed by atoms with Gasteiger partial charge >= 0.3 is 0 Å². The van der Waals surface area contributed by atoms with Crippen molar-refractivity contribution in [2.24, 2.45) is 0 Å². The third-order valence-electron chi connectivity index (χ3n) is 3.21. The van der Waals surface area contributed by atoms with Crippen LogP contribution in [0.5, 0.6) is 11.5 Å². The third-order valence-corrected chi connectivity index (χ3v) is 3.21. The molecule has 0 fully saturated rings. The number of benzene rings is 2. The molecular weight excluding hydrogens is 238 g/mol. The maximum absolute atomic E-state index is 9.79. The minimum absolute atomic E-state index is 0.0339. The number of phenolic OH excluding ortho intramolecular Hbond substituents is 2. The highest BCUT2D eigenvalue weighted by Crippen LogP contribution is 2.27. The van der Waals surface area contributed by atoms with Crippen LogP contribution in [0.15, 0.2) is 42.5 Å². The third kappa shape index (κ3) is 3.48. The van der Waals surface area contributed by atoms with Crippen molar-refractivity contribution in [3.8, 4) is 11.5 Å². The Kier molecular flexibility index (Phi) is 4.07. The molecule has 0 saturated carbocycles. The predicted octanol–water partition coefficient (Wildman–Crippen LogP) is 3.26. The van der Waals surface area contributed by atoms with Gasteiger partial charge in [-0.2, -0.15) is 0 Å². The Morgan fingerprint density at radius 1 is 1.05 bits per heavy atom. The maximum atomic E-state index is 9.79. The van der Waals surface area contributed by atoms with Gasteiger partial charge in [0.1, 0.15) is 11.5 Å². The Morgan fingerprint density at radius 3 is 2.42 bits per heavy atom. The van der Waals surface area contributed by atoms with E-state index in [1.807, 2.05) is 6.92 Å². The summed E-state index contributed by atoms with van der Waals surface area (Å²) in [6.07, 6.45) is 0. The molecule has 0 spiro atoms. The van der Waals surface area contributed by atoms with Crippen molar-refractivity contribution in [3.05, 3.63) is 59.2 Å². The van der Waals surface area contributed by atoms with Crippen LogP contribution in [-0.4, -0.2) is 10.2 Å². The van der Waals surface area contributed by atoms with Gasteiger partial charge in [0.15, 0.2) is 0 Å². The van der Waals surface area contributed by atoms with Gasteiger partial charge in [0, 0.05) is 18.2 Å². The van der Waals surface area contributed by atoms with Crippen molar-refractivity contribution >= 4 is 0 Å². The van der Waals surface area contributed by atoms with Crippen LogP contribution in [0, 0.1) is 6.92 Å². The van der Waals surface area contributed by atoms with Crippen LogP contribution in [-0.2, 0) is 6.54 Å². The van der Waals surface area contributed by atoms with E-state index in [-0.39, 0.29) is 17.5 Å². The molecule has 2 aromatic carbocycles. The SMILES string of the molecule is Cc1ccc(CNC(C)c2cc(O)ccc2O)cc1. The Hall–Kier alpha value is -2.00. The smallest absolute Gasteiger partial charge is 0.120 e. The fourth-order valence-electron chi connectivity index (χ4n) is 1.98. The number of aryl methyl sites for hydroxylation is 1. The molecule has 0 bridgehead atoms. The second-order valence-corrected chi connectivity index (χ2v) is 4.83. The lowest BCUT2D eigenvalue weighted by atomic mass is 10.1. The minimum atomic E-state index is -0.0339. The van der Waals surface area contributed by atoms with Crippen LogP contribution in [0.4, 0.5) is 0 Å². The van der Waals surface area contributed by atoms with E-state index in [0.29, 0.717) is 5.56 Å². The molecule has 0 heterocycles. The fraction of sp³-hybridized carbons (Fsp3) is 0.250. The minimum Gasteiger partial charge on any atom is -0.508 e. The van der Waals surface area contributed by atoms with Gasteiger partial charge in [0.2, 0.25) is 0 Å². The molecule has 19 heavy (non-hydrogen) atoms. The molecule has 2 aromatic rings. The quantitative estimate of drug-likeness (QED) is 0.737. The van der Waals surface area contributed by atoms with Crippen LogP contribution in [0.3, 0.4) is 0 Å². The molecule has 1 atom stereocenters. The largest absolute Gasteiger partial charge is 0.508 e. The average Bonchev–Trinajstić information content (AvgIpc) is 2.40. The van der Waals surface area contributed by atoms with Crippen LogP contribution >= 0.6 is 0 Å². The van der Waals surface area contributed by atoms with Crippen LogP contribution in [0.1, 0.15) is 29.7 Å². The Bertz CT molecular complexity index is 549. The number of rotatable bonds is 4. The molecule has 3 N–H and O–H groups in total. The van der Waals surface area contributed by atoms with E-state index in [1.165, 1.54) is 23.3 Å². The molecular formula is C16H19NO2. The van der Waals surface area contributed by atoms with Crippen molar-refractivity contribution in [1.82, 2.24) is 5.32 Å². The molecule has 0 aliphatic rings. The van der Waals surface area contributed by atoms with Crippen molar-refractivity contribution in [1.29, 1.82) is 0 Å². The van der Waals surface area contributed by atoms with E-state index in [2.05, 4.69) is 36.5 Å². The maximum Gasteiger partial charge on any atom is 0.120 e. The number of hydrogen-bond acceptors (Lipinski definition) is 3.